The average Bonchev–Trinajstić information content (AvgIpc) is 3.59. The highest BCUT2D eigenvalue weighted by molar-refractivity contribution is 6.98. The van der Waals surface area contributed by atoms with Crippen molar-refractivity contribution >= 4 is 44.9 Å². The van der Waals surface area contributed by atoms with E-state index < -0.39 is 0 Å². The van der Waals surface area contributed by atoms with Crippen molar-refractivity contribution in [2.75, 3.05) is 0 Å². The molecule has 0 saturated carbocycles. The van der Waals surface area contributed by atoms with Gasteiger partial charge in [-0.15, -0.1) is 0 Å². The van der Waals surface area contributed by atoms with E-state index in [-0.39, 0.29) is 17.5 Å². The van der Waals surface area contributed by atoms with Gasteiger partial charge in [0.25, 0.3) is 6.71 Å². The van der Waals surface area contributed by atoms with Crippen LogP contribution >= 0.6 is 0 Å². The lowest BCUT2D eigenvalue weighted by molar-refractivity contribution is 0.466. The minimum absolute atomic E-state index is 0.0456. The fourth-order valence-corrected chi connectivity index (χ4v) is 9.44. The molecule has 8 aromatic carbocycles. The third kappa shape index (κ3) is 5.80. The lowest BCUT2D eigenvalue weighted by atomic mass is 9.34. The zero-order valence-corrected chi connectivity index (χ0v) is 35.0. The van der Waals surface area contributed by atoms with Crippen molar-refractivity contribution in [1.82, 2.24) is 4.57 Å². The molecule has 0 spiro atoms. The van der Waals surface area contributed by atoms with Crippen molar-refractivity contribution in [2.24, 2.45) is 0 Å². The number of ether oxygens (including phenoxy) is 2. The first-order chi connectivity index (χ1) is 29.0. The topological polar surface area (TPSA) is 23.4 Å². The standard InChI is InChI=1S/C56H46BNO2/c1-55(2,3)39-25-29-48-44(33-39)45-34-40(56(4,5)6)26-30-49(45)58(48)41-27-23-35(24-28-41)38-31-50-52-51(32-38)60-54-43(37-17-11-8-12-18-37)20-14-22-47(54)57(52)46-21-13-19-42(53(46)59-50)36-15-9-7-10-16-36/h7-34H,1-6H3. The van der Waals surface area contributed by atoms with Crippen LogP contribution < -0.4 is 25.9 Å². The molecule has 4 heteroatoms. The minimum Gasteiger partial charge on any atom is -0.458 e. The molecule has 0 radical (unpaired) electrons. The number of rotatable bonds is 4. The molecule has 0 N–H and O–H groups in total. The molecule has 0 saturated heterocycles. The van der Waals surface area contributed by atoms with Gasteiger partial charge in [-0.3, -0.25) is 0 Å². The third-order valence-corrected chi connectivity index (χ3v) is 12.7. The van der Waals surface area contributed by atoms with Crippen molar-refractivity contribution < 1.29 is 9.47 Å². The van der Waals surface area contributed by atoms with Crippen LogP contribution in [0.15, 0.2) is 170 Å². The van der Waals surface area contributed by atoms with E-state index in [1.807, 2.05) is 0 Å². The molecular formula is C56H46BNO2. The van der Waals surface area contributed by atoms with Gasteiger partial charge in [-0.1, -0.05) is 163 Å². The van der Waals surface area contributed by atoms with Crippen LogP contribution in [0, 0.1) is 0 Å². The molecule has 0 amide bonds. The number of benzene rings is 8. The Kier molecular flexibility index (Phi) is 8.09. The summed E-state index contributed by atoms with van der Waals surface area (Å²) in [5, 5.41) is 2.58. The highest BCUT2D eigenvalue weighted by Gasteiger charge is 2.42. The number of para-hydroxylation sites is 2. The lowest BCUT2D eigenvalue weighted by Crippen LogP contribution is -2.57. The Morgan fingerprint density at radius 3 is 1.33 bits per heavy atom. The average molecular weight is 776 g/mol. The normalized spacial score (nSPS) is 13.1. The number of nitrogens with zero attached hydrogens (tertiary/aromatic N) is 1. The maximum Gasteiger partial charge on any atom is 0.260 e. The fourth-order valence-electron chi connectivity index (χ4n) is 9.44. The zero-order valence-electron chi connectivity index (χ0n) is 35.0. The van der Waals surface area contributed by atoms with Gasteiger partial charge in [-0.25, -0.2) is 0 Å². The second kappa shape index (κ2) is 13.4. The summed E-state index contributed by atoms with van der Waals surface area (Å²) in [6.07, 6.45) is 0. The fraction of sp³-hybridized carbons (Fsp3) is 0.143. The molecule has 1 aromatic heterocycles. The van der Waals surface area contributed by atoms with Crippen LogP contribution in [-0.4, -0.2) is 11.3 Å². The molecule has 290 valence electrons. The minimum atomic E-state index is -0.0563. The van der Waals surface area contributed by atoms with Gasteiger partial charge in [0.05, 0.1) is 11.0 Å². The number of aromatic nitrogens is 1. The van der Waals surface area contributed by atoms with Crippen LogP contribution in [0.3, 0.4) is 0 Å². The first-order valence-corrected chi connectivity index (χ1v) is 21.1. The number of hydrogen-bond donors (Lipinski definition) is 0. The molecule has 60 heavy (non-hydrogen) atoms. The summed E-state index contributed by atoms with van der Waals surface area (Å²) < 4.78 is 16.5. The van der Waals surface area contributed by atoms with Gasteiger partial charge in [0.15, 0.2) is 0 Å². The van der Waals surface area contributed by atoms with E-state index in [0.29, 0.717) is 0 Å². The van der Waals surface area contributed by atoms with Crippen LogP contribution in [0.1, 0.15) is 52.7 Å². The molecule has 0 atom stereocenters. The molecule has 0 aliphatic carbocycles. The van der Waals surface area contributed by atoms with Crippen molar-refractivity contribution in [3.05, 3.63) is 181 Å². The Labute approximate surface area is 353 Å². The summed E-state index contributed by atoms with van der Waals surface area (Å²) in [7, 11) is 0. The maximum atomic E-state index is 7.06. The Hall–Kier alpha value is -6.78. The Bertz CT molecular complexity index is 2960. The summed E-state index contributed by atoms with van der Waals surface area (Å²) in [6, 6.07) is 61.7. The number of fused-ring (bicyclic) bond motifs is 7. The largest absolute Gasteiger partial charge is 0.458 e. The highest BCUT2D eigenvalue weighted by atomic mass is 16.5. The first kappa shape index (κ1) is 36.3. The maximum absolute atomic E-state index is 7.06. The van der Waals surface area contributed by atoms with E-state index in [2.05, 4.69) is 216 Å². The zero-order chi connectivity index (χ0) is 40.9. The molecular weight excluding hydrogens is 729 g/mol. The first-order valence-electron chi connectivity index (χ1n) is 21.1. The Morgan fingerprint density at radius 1 is 0.417 bits per heavy atom. The Morgan fingerprint density at radius 2 is 0.883 bits per heavy atom. The summed E-state index contributed by atoms with van der Waals surface area (Å²) in [6.45, 7) is 13.7. The van der Waals surface area contributed by atoms with E-state index in [4.69, 9.17) is 9.47 Å². The van der Waals surface area contributed by atoms with Gasteiger partial charge in [-0.2, -0.15) is 0 Å². The number of hydrogen-bond acceptors (Lipinski definition) is 2. The SMILES string of the molecule is CC(C)(C)c1ccc2c(c1)c1cc(C(C)(C)C)ccc1n2-c1ccc(-c2cc3c4c(c2)Oc2c(cccc2-c2ccccc2)B4c2cccc(-c4ccccc4)c2O3)cc1. The second-order valence-corrected chi connectivity index (χ2v) is 18.5. The molecule has 9 aromatic rings. The smallest absolute Gasteiger partial charge is 0.260 e. The predicted octanol–water partition coefficient (Wildman–Crippen LogP) is 13.1. The molecule has 2 aliphatic heterocycles. The summed E-state index contributed by atoms with van der Waals surface area (Å²) in [4.78, 5) is 0. The van der Waals surface area contributed by atoms with Gasteiger partial charge in [0.2, 0.25) is 0 Å². The van der Waals surface area contributed by atoms with Gasteiger partial charge in [-0.05, 0) is 104 Å². The lowest BCUT2D eigenvalue weighted by Gasteiger charge is -2.35. The van der Waals surface area contributed by atoms with E-state index in [9.17, 15) is 0 Å². The molecule has 2 aliphatic rings. The van der Waals surface area contributed by atoms with E-state index in [1.165, 1.54) is 32.9 Å². The van der Waals surface area contributed by atoms with Crippen LogP contribution in [0.4, 0.5) is 0 Å². The van der Waals surface area contributed by atoms with Crippen LogP contribution in [-0.2, 0) is 10.8 Å². The summed E-state index contributed by atoms with van der Waals surface area (Å²) >= 11 is 0. The molecule has 3 nitrogen and oxygen atoms in total. The van der Waals surface area contributed by atoms with Crippen LogP contribution in [0.5, 0.6) is 23.0 Å². The molecule has 0 unspecified atom stereocenters. The van der Waals surface area contributed by atoms with Crippen molar-refractivity contribution in [3.8, 4) is 62.1 Å². The molecule has 0 bridgehead atoms. The second-order valence-electron chi connectivity index (χ2n) is 18.5. The summed E-state index contributed by atoms with van der Waals surface area (Å²) in [5.41, 5.74) is 16.2. The van der Waals surface area contributed by atoms with Crippen LogP contribution in [0.25, 0.3) is 60.9 Å². The van der Waals surface area contributed by atoms with E-state index in [0.717, 1.165) is 78.5 Å². The Balaban J connectivity index is 1.07. The van der Waals surface area contributed by atoms with Gasteiger partial charge in [0, 0.05) is 33.0 Å². The predicted molar refractivity (Wildman–Crippen MR) is 252 cm³/mol. The third-order valence-electron chi connectivity index (χ3n) is 12.7. The van der Waals surface area contributed by atoms with Gasteiger partial charge < -0.3 is 14.0 Å². The van der Waals surface area contributed by atoms with E-state index in [1.54, 1.807) is 0 Å². The highest BCUT2D eigenvalue weighted by Crippen LogP contribution is 2.44. The summed E-state index contributed by atoms with van der Waals surface area (Å²) in [5.74, 6) is 3.45. The monoisotopic (exact) mass is 775 g/mol. The van der Waals surface area contributed by atoms with Crippen LogP contribution in [0.2, 0.25) is 0 Å². The van der Waals surface area contributed by atoms with Crippen molar-refractivity contribution in [3.63, 3.8) is 0 Å². The van der Waals surface area contributed by atoms with Crippen molar-refractivity contribution in [2.45, 2.75) is 52.4 Å². The van der Waals surface area contributed by atoms with Crippen molar-refractivity contribution in [1.29, 1.82) is 0 Å². The van der Waals surface area contributed by atoms with Gasteiger partial charge in [0.1, 0.15) is 23.0 Å². The molecule has 11 rings (SSSR count). The van der Waals surface area contributed by atoms with Gasteiger partial charge >= 0.3 is 0 Å². The molecule has 3 heterocycles. The van der Waals surface area contributed by atoms with E-state index >= 15 is 0 Å². The molecule has 0 fully saturated rings. The quantitative estimate of drug-likeness (QED) is 0.166.